The number of amides is 1. The van der Waals surface area contributed by atoms with Crippen molar-refractivity contribution in [1.82, 2.24) is 14.6 Å². The van der Waals surface area contributed by atoms with Crippen molar-refractivity contribution in [3.05, 3.63) is 95.1 Å². The van der Waals surface area contributed by atoms with Gasteiger partial charge < -0.3 is 24.4 Å². The maximum atomic E-state index is 15.9. The Labute approximate surface area is 264 Å². The maximum absolute atomic E-state index is 15.9. The van der Waals surface area contributed by atoms with Crippen LogP contribution in [0.1, 0.15) is 39.5 Å². The zero-order valence-electron chi connectivity index (χ0n) is 25.6. The van der Waals surface area contributed by atoms with Crippen molar-refractivity contribution in [1.29, 1.82) is 0 Å². The molecular formula is C31H36FN4O9P. The van der Waals surface area contributed by atoms with Crippen molar-refractivity contribution in [2.45, 2.75) is 63.9 Å². The number of hydrogen-bond acceptors (Lipinski definition) is 10. The molecule has 4 rings (SSSR count). The number of carbonyl (C=O) groups is 2. The van der Waals surface area contributed by atoms with Gasteiger partial charge in [-0.15, -0.1) is 0 Å². The standard InChI is InChI=1S/C31H36FN4O9P/c1-20(2)43-28(39)21(3)35-46(41,45-23-13-9-6-10-14-23)42-19-24-27(38)31(4,32)29(44-24)36-18-17-25(34-30(36)40)33-26(37)16-15-22-11-7-5-8-12-22/h5-18,20-21,24,27,29,38H,19H2,1-4H3,(H,35,41)(H,33,34,37,40)/b16-15+/t21-,24+,27+,29+,31+,46-/m0/s1. The van der Waals surface area contributed by atoms with Crippen LogP contribution in [0.5, 0.6) is 5.75 Å². The Morgan fingerprint density at radius 3 is 2.41 bits per heavy atom. The van der Waals surface area contributed by atoms with Crippen LogP contribution in [-0.4, -0.2) is 63.2 Å². The third kappa shape index (κ3) is 8.95. The fourth-order valence-corrected chi connectivity index (χ4v) is 5.92. The first-order valence-electron chi connectivity index (χ1n) is 14.4. The first kappa shape index (κ1) is 34.7. The predicted octanol–water partition coefficient (Wildman–Crippen LogP) is 4.02. The third-order valence-electron chi connectivity index (χ3n) is 6.71. The van der Waals surface area contributed by atoms with Crippen LogP contribution in [0.3, 0.4) is 0 Å². The van der Waals surface area contributed by atoms with Gasteiger partial charge in [0.25, 0.3) is 0 Å². The number of nitrogens with zero attached hydrogens (tertiary/aromatic N) is 2. The highest BCUT2D eigenvalue weighted by Crippen LogP contribution is 2.47. The van der Waals surface area contributed by atoms with Crippen molar-refractivity contribution in [3.8, 4) is 5.75 Å². The number of rotatable bonds is 13. The summed E-state index contributed by atoms with van der Waals surface area (Å²) >= 11 is 0. The zero-order valence-corrected chi connectivity index (χ0v) is 26.5. The number of alkyl halides is 1. The molecule has 3 aromatic rings. The summed E-state index contributed by atoms with van der Waals surface area (Å²) in [6, 6.07) is 17.2. The Morgan fingerprint density at radius 2 is 1.78 bits per heavy atom. The molecule has 1 saturated heterocycles. The second-order valence-electron chi connectivity index (χ2n) is 10.9. The minimum atomic E-state index is -4.35. The van der Waals surface area contributed by atoms with E-state index in [1.165, 1.54) is 31.2 Å². The summed E-state index contributed by atoms with van der Waals surface area (Å²) in [4.78, 5) is 41.4. The summed E-state index contributed by atoms with van der Waals surface area (Å²) in [6.45, 7) is 5.07. The van der Waals surface area contributed by atoms with Crippen LogP contribution in [0.15, 0.2) is 83.8 Å². The topological polar surface area (TPSA) is 167 Å². The lowest BCUT2D eigenvalue weighted by Gasteiger charge is -2.25. The van der Waals surface area contributed by atoms with E-state index in [0.29, 0.717) is 0 Å². The van der Waals surface area contributed by atoms with Crippen molar-refractivity contribution in [3.63, 3.8) is 0 Å². The molecule has 6 atom stereocenters. The number of aromatic nitrogens is 2. The van der Waals surface area contributed by atoms with Gasteiger partial charge in [0.15, 0.2) is 11.9 Å². The Kier molecular flexibility index (Phi) is 11.3. The number of aliphatic hydroxyl groups excluding tert-OH is 1. The van der Waals surface area contributed by atoms with E-state index in [1.54, 1.807) is 38.1 Å². The van der Waals surface area contributed by atoms with E-state index in [1.807, 2.05) is 30.3 Å². The fraction of sp³-hybridized carbons (Fsp3) is 0.355. The molecule has 0 saturated carbocycles. The van der Waals surface area contributed by atoms with Gasteiger partial charge in [0.2, 0.25) is 5.91 Å². The molecule has 1 aliphatic rings. The van der Waals surface area contributed by atoms with E-state index >= 15 is 4.39 Å². The first-order chi connectivity index (χ1) is 21.8. The quantitative estimate of drug-likeness (QED) is 0.138. The summed E-state index contributed by atoms with van der Waals surface area (Å²) in [5.41, 5.74) is -2.71. The number of halogens is 1. The summed E-state index contributed by atoms with van der Waals surface area (Å²) in [5.74, 6) is -1.21. The summed E-state index contributed by atoms with van der Waals surface area (Å²) < 4.78 is 52.4. The van der Waals surface area contributed by atoms with Crippen molar-refractivity contribution < 1.29 is 42.2 Å². The van der Waals surface area contributed by atoms with Gasteiger partial charge in [0, 0.05) is 12.3 Å². The van der Waals surface area contributed by atoms with Crippen LogP contribution in [0.2, 0.25) is 0 Å². The molecule has 46 heavy (non-hydrogen) atoms. The molecule has 0 aliphatic carbocycles. The second kappa shape index (κ2) is 14.9. The molecule has 3 N–H and O–H groups in total. The molecule has 0 unspecified atom stereocenters. The predicted molar refractivity (Wildman–Crippen MR) is 166 cm³/mol. The highest BCUT2D eigenvalue weighted by Gasteiger charge is 2.56. The molecule has 0 spiro atoms. The lowest BCUT2D eigenvalue weighted by Crippen LogP contribution is -2.43. The van der Waals surface area contributed by atoms with Crippen molar-refractivity contribution >= 4 is 31.5 Å². The Bertz CT molecular complexity index is 1640. The van der Waals surface area contributed by atoms with Gasteiger partial charge in [-0.3, -0.25) is 18.7 Å². The highest BCUT2D eigenvalue weighted by molar-refractivity contribution is 7.52. The van der Waals surface area contributed by atoms with Gasteiger partial charge >= 0.3 is 19.4 Å². The average molecular weight is 659 g/mol. The number of carbonyl (C=O) groups excluding carboxylic acids is 2. The van der Waals surface area contributed by atoms with Gasteiger partial charge in [0.05, 0.1) is 12.7 Å². The number of para-hydroxylation sites is 1. The summed E-state index contributed by atoms with van der Waals surface area (Å²) in [7, 11) is -4.35. The lowest BCUT2D eigenvalue weighted by molar-refractivity contribution is -0.149. The van der Waals surface area contributed by atoms with Gasteiger partial charge in [0.1, 0.15) is 29.8 Å². The molecule has 1 fully saturated rings. The fourth-order valence-electron chi connectivity index (χ4n) is 4.42. The zero-order chi connectivity index (χ0) is 33.5. The number of benzene rings is 2. The normalized spacial score (nSPS) is 23.2. The molecule has 1 aromatic heterocycles. The summed E-state index contributed by atoms with van der Waals surface area (Å²) in [5, 5.41) is 15.8. The first-order valence-corrected chi connectivity index (χ1v) is 15.9. The molecule has 1 aliphatic heterocycles. The Hall–Kier alpha value is -4.20. The van der Waals surface area contributed by atoms with Gasteiger partial charge in [-0.1, -0.05) is 48.5 Å². The molecular weight excluding hydrogens is 622 g/mol. The number of anilines is 1. The maximum Gasteiger partial charge on any atom is 0.459 e. The van der Waals surface area contributed by atoms with Crippen LogP contribution in [-0.2, 0) is 28.2 Å². The molecule has 2 heterocycles. The molecule has 2 aromatic carbocycles. The lowest BCUT2D eigenvalue weighted by atomic mass is 9.98. The van der Waals surface area contributed by atoms with Crippen molar-refractivity contribution in [2.24, 2.45) is 0 Å². The number of aliphatic hydroxyl groups is 1. The number of nitrogens with one attached hydrogen (secondary N) is 2. The molecule has 0 radical (unpaired) electrons. The monoisotopic (exact) mass is 658 g/mol. The minimum absolute atomic E-state index is 0.0851. The van der Waals surface area contributed by atoms with E-state index in [0.717, 1.165) is 23.3 Å². The number of hydrogen-bond donors (Lipinski definition) is 3. The van der Waals surface area contributed by atoms with E-state index < -0.39 is 68.2 Å². The van der Waals surface area contributed by atoms with Gasteiger partial charge in [-0.05, 0) is 57.5 Å². The average Bonchev–Trinajstić information content (AvgIpc) is 3.23. The van der Waals surface area contributed by atoms with E-state index in [4.69, 9.17) is 18.5 Å². The van der Waals surface area contributed by atoms with Gasteiger partial charge in [-0.25, -0.2) is 13.8 Å². The van der Waals surface area contributed by atoms with Crippen LogP contribution in [0.25, 0.3) is 6.08 Å². The second-order valence-corrected chi connectivity index (χ2v) is 12.6. The molecule has 15 heteroatoms. The molecule has 0 bridgehead atoms. The Balaban J connectivity index is 1.46. The van der Waals surface area contributed by atoms with E-state index in [9.17, 15) is 24.1 Å². The van der Waals surface area contributed by atoms with Crippen molar-refractivity contribution in [2.75, 3.05) is 11.9 Å². The summed E-state index contributed by atoms with van der Waals surface area (Å²) in [6.07, 6.45) is -1.36. The van der Waals surface area contributed by atoms with Crippen LogP contribution in [0.4, 0.5) is 10.2 Å². The van der Waals surface area contributed by atoms with E-state index in [2.05, 4.69) is 15.4 Å². The van der Waals surface area contributed by atoms with E-state index in [-0.39, 0.29) is 11.6 Å². The molecule has 13 nitrogen and oxygen atoms in total. The smallest absolute Gasteiger partial charge is 0.459 e. The highest BCUT2D eigenvalue weighted by atomic mass is 31.2. The minimum Gasteiger partial charge on any atom is -0.462 e. The largest absolute Gasteiger partial charge is 0.462 e. The Morgan fingerprint density at radius 1 is 1.13 bits per heavy atom. The number of esters is 1. The van der Waals surface area contributed by atoms with Crippen LogP contribution in [0, 0.1) is 0 Å². The SMILES string of the molecule is CC(C)OC(=O)[C@H](C)N[P@](=O)(OC[C@H]1O[C@@H](n2ccc(NC(=O)/C=C/c3ccccc3)nc2=O)[C@](C)(F)[C@@H]1O)Oc1ccccc1. The number of ether oxygens (including phenoxy) is 2. The van der Waals surface area contributed by atoms with Crippen LogP contribution >= 0.6 is 7.75 Å². The molecule has 246 valence electrons. The van der Waals surface area contributed by atoms with Gasteiger partial charge in [-0.2, -0.15) is 10.1 Å². The molecule has 1 amide bonds. The third-order valence-corrected chi connectivity index (χ3v) is 8.36. The van der Waals surface area contributed by atoms with Crippen LogP contribution < -0.4 is 20.6 Å².